The number of likely N-dealkylation sites (tertiary alicyclic amines) is 1. The number of fused-ring (bicyclic) bond motifs is 2. The van der Waals surface area contributed by atoms with E-state index in [1.807, 2.05) is 48.5 Å². The molecule has 9 heteroatoms. The van der Waals surface area contributed by atoms with Crippen LogP contribution in [0, 0.1) is 0 Å². The molecule has 176 valence electrons. The van der Waals surface area contributed by atoms with Crippen LogP contribution in [0.4, 0.5) is 35.0 Å². The van der Waals surface area contributed by atoms with E-state index >= 15 is 0 Å². The van der Waals surface area contributed by atoms with Gasteiger partial charge in [0.05, 0.1) is 17.4 Å². The van der Waals surface area contributed by atoms with Gasteiger partial charge in [-0.2, -0.15) is 0 Å². The van der Waals surface area contributed by atoms with E-state index in [-0.39, 0.29) is 17.8 Å². The molecule has 0 spiro atoms. The van der Waals surface area contributed by atoms with Gasteiger partial charge >= 0.3 is 12.4 Å². The lowest BCUT2D eigenvalue weighted by Gasteiger charge is -2.43. The minimum absolute atomic E-state index is 0.0354. The Morgan fingerprint density at radius 1 is 0.941 bits per heavy atom. The summed E-state index contributed by atoms with van der Waals surface area (Å²) in [7, 11) is 0. The maximum Gasteiger partial charge on any atom is 0.573 e. The van der Waals surface area contributed by atoms with Crippen molar-refractivity contribution in [3.05, 3.63) is 72.8 Å². The third-order valence-electron chi connectivity index (χ3n) is 5.86. The summed E-state index contributed by atoms with van der Waals surface area (Å²) >= 11 is 0. The molecule has 1 atom stereocenters. The average molecular weight is 469 g/mol. The summed E-state index contributed by atoms with van der Waals surface area (Å²) in [6.45, 7) is 1.08. The van der Waals surface area contributed by atoms with Gasteiger partial charge in [-0.3, -0.25) is 0 Å². The second-order valence-corrected chi connectivity index (χ2v) is 8.15. The first-order valence-electron chi connectivity index (χ1n) is 10.9. The highest BCUT2D eigenvalue weighted by atomic mass is 19.4. The molecule has 6 nitrogen and oxygen atoms in total. The van der Waals surface area contributed by atoms with E-state index in [1.165, 1.54) is 24.3 Å². The van der Waals surface area contributed by atoms with E-state index < -0.39 is 6.36 Å². The second-order valence-electron chi connectivity index (χ2n) is 8.15. The van der Waals surface area contributed by atoms with Crippen LogP contribution >= 0.6 is 0 Å². The molecule has 34 heavy (non-hydrogen) atoms. The van der Waals surface area contributed by atoms with Gasteiger partial charge in [-0.1, -0.05) is 24.3 Å². The third-order valence-corrected chi connectivity index (χ3v) is 5.86. The molecule has 0 radical (unpaired) electrons. The summed E-state index contributed by atoms with van der Waals surface area (Å²) in [6, 6.07) is 20.5. The molecule has 3 aromatic carbocycles. The summed E-state index contributed by atoms with van der Waals surface area (Å²) in [5.41, 5.74) is 2.30. The fourth-order valence-electron chi connectivity index (χ4n) is 4.42. The van der Waals surface area contributed by atoms with Crippen molar-refractivity contribution in [2.24, 2.45) is 0 Å². The molecule has 1 saturated heterocycles. The molecule has 0 bridgehead atoms. The Labute approximate surface area is 194 Å². The minimum Gasteiger partial charge on any atom is -0.453 e. The molecule has 0 saturated carbocycles. The molecule has 5 rings (SSSR count). The first kappa shape index (κ1) is 21.9. The zero-order valence-electron chi connectivity index (χ0n) is 18.1. The lowest BCUT2D eigenvalue weighted by atomic mass is 10.0. The lowest BCUT2D eigenvalue weighted by Crippen LogP contribution is -2.50. The van der Waals surface area contributed by atoms with Crippen molar-refractivity contribution in [3.63, 3.8) is 0 Å². The largest absolute Gasteiger partial charge is 0.573 e. The number of carbonyl (C=O) groups is 1. The van der Waals surface area contributed by atoms with E-state index in [1.54, 1.807) is 4.90 Å². The fourth-order valence-corrected chi connectivity index (χ4v) is 4.42. The van der Waals surface area contributed by atoms with Crippen molar-refractivity contribution in [2.45, 2.75) is 25.2 Å². The zero-order valence-corrected chi connectivity index (χ0v) is 18.1. The second kappa shape index (κ2) is 8.81. The number of ether oxygens (including phenoxy) is 2. The highest BCUT2D eigenvalue weighted by Gasteiger charge is 2.34. The van der Waals surface area contributed by atoms with Gasteiger partial charge in [0, 0.05) is 18.8 Å². The maximum atomic E-state index is 13.0. The Bertz CT molecular complexity index is 1140. The Hall–Kier alpha value is -3.88. The van der Waals surface area contributed by atoms with Crippen LogP contribution in [0.15, 0.2) is 72.8 Å². The number of nitrogens with one attached hydrogen (secondary N) is 1. The van der Waals surface area contributed by atoms with Crippen LogP contribution in [0.25, 0.3) is 0 Å². The normalized spacial score (nSPS) is 17.3. The van der Waals surface area contributed by atoms with Gasteiger partial charge < -0.3 is 24.6 Å². The zero-order chi connectivity index (χ0) is 23.7. The smallest absolute Gasteiger partial charge is 0.453 e. The Kier molecular flexibility index (Phi) is 5.69. The maximum absolute atomic E-state index is 13.0. The SMILES string of the molecule is O=C(Nc1ccc(OC(F)(F)F)cc1)N1CCC[C@H](N2c3ccccc3Oc3ccccc32)C1. The number of alkyl halides is 3. The molecule has 2 aliphatic heterocycles. The molecule has 1 N–H and O–H groups in total. The number of para-hydroxylation sites is 4. The average Bonchev–Trinajstić information content (AvgIpc) is 2.83. The number of hydrogen-bond donors (Lipinski definition) is 1. The molecule has 0 aliphatic carbocycles. The summed E-state index contributed by atoms with van der Waals surface area (Å²) in [6.07, 6.45) is -3.04. The molecule has 2 aliphatic rings. The Morgan fingerprint density at radius 3 is 2.18 bits per heavy atom. The van der Waals surface area contributed by atoms with Crippen LogP contribution in [-0.2, 0) is 0 Å². The van der Waals surface area contributed by atoms with Crippen molar-refractivity contribution in [3.8, 4) is 17.2 Å². The van der Waals surface area contributed by atoms with Crippen LogP contribution in [0.1, 0.15) is 12.8 Å². The van der Waals surface area contributed by atoms with Gasteiger partial charge in [-0.05, 0) is 61.4 Å². The van der Waals surface area contributed by atoms with E-state index in [0.717, 1.165) is 35.7 Å². The van der Waals surface area contributed by atoms with Crippen molar-refractivity contribution in [1.29, 1.82) is 0 Å². The van der Waals surface area contributed by atoms with Crippen LogP contribution in [-0.4, -0.2) is 36.4 Å². The predicted octanol–water partition coefficient (Wildman–Crippen LogP) is 6.53. The number of piperidine rings is 1. The van der Waals surface area contributed by atoms with Gasteiger partial charge in [-0.25, -0.2) is 4.79 Å². The number of urea groups is 1. The number of amides is 2. The number of hydrogen-bond acceptors (Lipinski definition) is 4. The first-order valence-corrected chi connectivity index (χ1v) is 10.9. The van der Waals surface area contributed by atoms with Crippen molar-refractivity contribution >= 4 is 23.1 Å². The van der Waals surface area contributed by atoms with Gasteiger partial charge in [0.2, 0.25) is 0 Å². The van der Waals surface area contributed by atoms with E-state index in [2.05, 4.69) is 15.0 Å². The molecule has 0 unspecified atom stereocenters. The van der Waals surface area contributed by atoms with E-state index in [4.69, 9.17) is 4.74 Å². The molecule has 0 aromatic heterocycles. The number of halogens is 3. The van der Waals surface area contributed by atoms with Crippen molar-refractivity contribution < 1.29 is 27.4 Å². The lowest BCUT2D eigenvalue weighted by molar-refractivity contribution is -0.274. The predicted molar refractivity (Wildman–Crippen MR) is 122 cm³/mol. The Morgan fingerprint density at radius 2 is 1.56 bits per heavy atom. The van der Waals surface area contributed by atoms with Gasteiger partial charge in [0.15, 0.2) is 11.5 Å². The fraction of sp³-hybridized carbons (Fsp3) is 0.240. The van der Waals surface area contributed by atoms with Gasteiger partial charge in [-0.15, -0.1) is 13.2 Å². The minimum atomic E-state index is -4.76. The molecular weight excluding hydrogens is 447 g/mol. The van der Waals surface area contributed by atoms with Gasteiger partial charge in [0.1, 0.15) is 5.75 Å². The van der Waals surface area contributed by atoms with Gasteiger partial charge in [0.25, 0.3) is 0 Å². The highest BCUT2D eigenvalue weighted by Crippen LogP contribution is 2.48. The Balaban J connectivity index is 1.31. The number of nitrogens with zero attached hydrogens (tertiary/aromatic N) is 2. The van der Waals surface area contributed by atoms with Crippen LogP contribution in [0.5, 0.6) is 17.2 Å². The molecule has 2 heterocycles. The number of anilines is 3. The van der Waals surface area contributed by atoms with Crippen molar-refractivity contribution in [2.75, 3.05) is 23.3 Å². The summed E-state index contributed by atoms with van der Waals surface area (Å²) in [5.74, 6) is 1.20. The summed E-state index contributed by atoms with van der Waals surface area (Å²) in [5, 5.41) is 2.77. The summed E-state index contributed by atoms with van der Waals surface area (Å²) < 4.78 is 47.0. The van der Waals surface area contributed by atoms with Crippen LogP contribution < -0.4 is 19.7 Å². The van der Waals surface area contributed by atoms with Crippen LogP contribution in [0.3, 0.4) is 0 Å². The standard InChI is InChI=1S/C25H22F3N3O3/c26-25(27,28)34-19-13-11-17(12-14-19)29-24(32)30-15-5-6-18(16-30)31-20-7-1-3-9-22(20)33-23-10-4-2-8-21(23)31/h1-4,7-14,18H,5-6,15-16H2,(H,29,32)/t18-/m0/s1. The quantitative estimate of drug-likeness (QED) is 0.474. The topological polar surface area (TPSA) is 54.0 Å². The number of rotatable bonds is 3. The van der Waals surface area contributed by atoms with Crippen molar-refractivity contribution in [1.82, 2.24) is 4.90 Å². The summed E-state index contributed by atoms with van der Waals surface area (Å²) in [4.78, 5) is 16.9. The molecule has 2 amide bonds. The van der Waals surface area contributed by atoms with E-state index in [0.29, 0.717) is 18.8 Å². The first-order chi connectivity index (χ1) is 16.4. The third kappa shape index (κ3) is 4.59. The molecular formula is C25H22F3N3O3. The number of carbonyl (C=O) groups excluding carboxylic acids is 1. The highest BCUT2D eigenvalue weighted by molar-refractivity contribution is 5.89. The van der Waals surface area contributed by atoms with Crippen LogP contribution in [0.2, 0.25) is 0 Å². The molecule has 3 aromatic rings. The van der Waals surface area contributed by atoms with E-state index in [9.17, 15) is 18.0 Å². The number of benzene rings is 3. The molecule has 1 fully saturated rings. The monoisotopic (exact) mass is 469 g/mol.